The van der Waals surface area contributed by atoms with Gasteiger partial charge >= 0.3 is 72.1 Å². The first-order valence-corrected chi connectivity index (χ1v) is 5.62. The number of hydrogen-bond donors (Lipinski definition) is 0. The topological polar surface area (TPSA) is 9.23 Å². The van der Waals surface area contributed by atoms with Crippen molar-refractivity contribution in [2.45, 2.75) is 0 Å². The Morgan fingerprint density at radius 2 is 1.91 bits per heavy atom. The Labute approximate surface area is 72.3 Å². The molecule has 0 fully saturated rings. The number of ether oxygens (including phenoxy) is 1. The van der Waals surface area contributed by atoms with E-state index in [1.807, 2.05) is 0 Å². The van der Waals surface area contributed by atoms with Crippen molar-refractivity contribution in [2.75, 3.05) is 7.11 Å². The summed E-state index contributed by atoms with van der Waals surface area (Å²) in [6.45, 7) is 0. The van der Waals surface area contributed by atoms with Gasteiger partial charge in [0, 0.05) is 0 Å². The van der Waals surface area contributed by atoms with Gasteiger partial charge in [-0.25, -0.2) is 0 Å². The molecule has 11 heavy (non-hydrogen) atoms. The van der Waals surface area contributed by atoms with Crippen LogP contribution in [0.15, 0.2) is 24.3 Å². The number of para-hydroxylation sites is 1. The monoisotopic (exact) mass is 272 g/mol. The Bertz CT molecular complexity index is 240. The van der Waals surface area contributed by atoms with E-state index in [-0.39, 0.29) is 3.57 Å². The molecular weight excluding hydrogens is 265 g/mol. The standard InChI is InChI=1S/C7H7F2IO/c1-11-7-5-3-2-4-6(7)10(8)9/h2-5H,1H3. The van der Waals surface area contributed by atoms with E-state index in [9.17, 15) is 5.72 Å². The molecule has 0 bridgehead atoms. The molecular formula is C7H7F2IO. The fraction of sp³-hybridized carbons (Fsp3) is 0.143. The number of rotatable bonds is 2. The normalized spacial score (nSPS) is 11.0. The van der Waals surface area contributed by atoms with E-state index >= 15 is 0 Å². The summed E-state index contributed by atoms with van der Waals surface area (Å²) in [5.74, 6) is 0.308. The summed E-state index contributed by atoms with van der Waals surface area (Å²) in [4.78, 5) is 0. The zero-order valence-electron chi connectivity index (χ0n) is 5.85. The minimum atomic E-state index is -3.87. The first-order valence-electron chi connectivity index (χ1n) is 2.91. The predicted molar refractivity (Wildman–Crippen MR) is 47.9 cm³/mol. The van der Waals surface area contributed by atoms with E-state index in [4.69, 9.17) is 4.74 Å². The summed E-state index contributed by atoms with van der Waals surface area (Å²) in [7, 11) is 1.40. The van der Waals surface area contributed by atoms with Crippen LogP contribution in [-0.4, -0.2) is 7.11 Å². The molecule has 0 aliphatic rings. The van der Waals surface area contributed by atoms with Crippen molar-refractivity contribution < 1.29 is 10.5 Å². The minimum absolute atomic E-state index is 0.0965. The quantitative estimate of drug-likeness (QED) is 0.751. The van der Waals surface area contributed by atoms with E-state index in [1.54, 1.807) is 18.2 Å². The fourth-order valence-electron chi connectivity index (χ4n) is 0.728. The molecule has 0 saturated heterocycles. The summed E-state index contributed by atoms with van der Waals surface area (Å²) >= 11 is -3.87. The van der Waals surface area contributed by atoms with Gasteiger partial charge in [-0.1, -0.05) is 0 Å². The van der Waals surface area contributed by atoms with Crippen molar-refractivity contribution in [1.82, 2.24) is 0 Å². The molecule has 1 aromatic rings. The van der Waals surface area contributed by atoms with Gasteiger partial charge in [0.25, 0.3) is 0 Å². The second kappa shape index (κ2) is 3.85. The number of benzene rings is 1. The van der Waals surface area contributed by atoms with Crippen molar-refractivity contribution in [1.29, 1.82) is 0 Å². The van der Waals surface area contributed by atoms with Crippen molar-refractivity contribution in [3.63, 3.8) is 0 Å². The molecule has 1 rings (SSSR count). The third-order valence-corrected chi connectivity index (χ3v) is 2.98. The Morgan fingerprint density at radius 3 is 2.36 bits per heavy atom. The average Bonchev–Trinajstić information content (AvgIpc) is 2.04. The Kier molecular flexibility index (Phi) is 3.04. The summed E-state index contributed by atoms with van der Waals surface area (Å²) in [6.07, 6.45) is 0. The molecule has 0 aliphatic heterocycles. The molecule has 62 valence electrons. The van der Waals surface area contributed by atoms with E-state index < -0.39 is 21.0 Å². The molecule has 0 atom stereocenters. The second-order valence-corrected chi connectivity index (χ2v) is 4.12. The molecule has 0 unspecified atom stereocenters. The van der Waals surface area contributed by atoms with Crippen LogP contribution in [0.3, 0.4) is 0 Å². The van der Waals surface area contributed by atoms with Crippen molar-refractivity contribution in [3.05, 3.63) is 27.8 Å². The second-order valence-electron chi connectivity index (χ2n) is 1.83. The summed E-state index contributed by atoms with van der Waals surface area (Å²) in [5, 5.41) is 0. The van der Waals surface area contributed by atoms with Gasteiger partial charge < -0.3 is 0 Å². The predicted octanol–water partition coefficient (Wildman–Crippen LogP) is 3.14. The Balaban J connectivity index is 3.02. The molecule has 0 aliphatic carbocycles. The fourth-order valence-corrected chi connectivity index (χ4v) is 2.01. The van der Waals surface area contributed by atoms with Gasteiger partial charge in [-0.2, -0.15) is 0 Å². The number of hydrogen-bond acceptors (Lipinski definition) is 1. The van der Waals surface area contributed by atoms with Crippen LogP contribution >= 0.6 is 21.0 Å². The molecule has 0 N–H and O–H groups in total. The van der Waals surface area contributed by atoms with E-state index in [2.05, 4.69) is 0 Å². The van der Waals surface area contributed by atoms with Gasteiger partial charge in [0.2, 0.25) is 0 Å². The van der Waals surface area contributed by atoms with Gasteiger partial charge in [0.1, 0.15) is 0 Å². The van der Waals surface area contributed by atoms with Gasteiger partial charge in [-0.05, 0) is 0 Å². The maximum absolute atomic E-state index is 12.3. The van der Waals surface area contributed by atoms with Crippen molar-refractivity contribution in [2.24, 2.45) is 0 Å². The third-order valence-electron chi connectivity index (χ3n) is 1.21. The van der Waals surface area contributed by atoms with Gasteiger partial charge in [0.05, 0.1) is 0 Å². The van der Waals surface area contributed by atoms with E-state index in [1.165, 1.54) is 13.2 Å². The van der Waals surface area contributed by atoms with Crippen LogP contribution in [-0.2, 0) is 0 Å². The SMILES string of the molecule is COc1ccccc1I(F)F. The van der Waals surface area contributed by atoms with Crippen LogP contribution in [0.5, 0.6) is 5.75 Å². The van der Waals surface area contributed by atoms with E-state index in [0.29, 0.717) is 5.75 Å². The van der Waals surface area contributed by atoms with Crippen molar-refractivity contribution in [3.8, 4) is 5.75 Å². The first kappa shape index (κ1) is 8.70. The first-order chi connectivity index (χ1) is 5.25. The zero-order valence-corrected chi connectivity index (χ0v) is 8.01. The third kappa shape index (κ3) is 2.02. The molecule has 4 heteroatoms. The molecule has 0 heterocycles. The molecule has 0 saturated carbocycles. The van der Waals surface area contributed by atoms with Crippen LogP contribution in [0.1, 0.15) is 0 Å². The Morgan fingerprint density at radius 1 is 1.27 bits per heavy atom. The Hall–Kier alpha value is -0.390. The number of halogens is 3. The zero-order chi connectivity index (χ0) is 8.27. The van der Waals surface area contributed by atoms with Gasteiger partial charge in [0.15, 0.2) is 0 Å². The van der Waals surface area contributed by atoms with Crippen LogP contribution in [0, 0.1) is 3.57 Å². The van der Waals surface area contributed by atoms with Crippen LogP contribution in [0.4, 0.5) is 5.72 Å². The summed E-state index contributed by atoms with van der Waals surface area (Å²) in [6, 6.07) is 6.26. The van der Waals surface area contributed by atoms with Crippen molar-refractivity contribution >= 4 is 21.0 Å². The van der Waals surface area contributed by atoms with Crippen LogP contribution in [0.2, 0.25) is 0 Å². The summed E-state index contributed by atoms with van der Waals surface area (Å²) in [5.41, 5.74) is 0. The maximum atomic E-state index is 12.3. The average molecular weight is 272 g/mol. The molecule has 1 nitrogen and oxygen atoms in total. The molecule has 1 aromatic carbocycles. The molecule has 0 aromatic heterocycles. The molecule has 0 radical (unpaired) electrons. The van der Waals surface area contributed by atoms with Crippen LogP contribution in [0.25, 0.3) is 0 Å². The van der Waals surface area contributed by atoms with Crippen LogP contribution < -0.4 is 4.74 Å². The van der Waals surface area contributed by atoms with Gasteiger partial charge in [-0.3, -0.25) is 0 Å². The summed E-state index contributed by atoms with van der Waals surface area (Å²) < 4.78 is 29.4. The van der Waals surface area contributed by atoms with E-state index in [0.717, 1.165) is 0 Å². The van der Waals surface area contributed by atoms with Gasteiger partial charge in [-0.15, -0.1) is 0 Å². The number of methoxy groups -OCH3 is 1. The molecule has 0 spiro atoms. The molecule has 0 amide bonds.